The number of unbranched alkanes of at least 4 members (excludes halogenated alkanes) is 8. The molecular formula is C18H32KO2. The fraction of sp³-hybridized carbons (Fsp3) is 0.722. The number of aliphatic carboxylic acids is 1. The Morgan fingerprint density at radius 1 is 0.810 bits per heavy atom. The van der Waals surface area contributed by atoms with Gasteiger partial charge in [0.1, 0.15) is 0 Å². The fourth-order valence-electron chi connectivity index (χ4n) is 2.09. The molecule has 0 rings (SSSR count). The summed E-state index contributed by atoms with van der Waals surface area (Å²) in [5, 5.41) is 8.50. The van der Waals surface area contributed by atoms with Crippen molar-refractivity contribution < 1.29 is 9.90 Å². The van der Waals surface area contributed by atoms with Gasteiger partial charge in [0, 0.05) is 57.8 Å². The van der Waals surface area contributed by atoms with Gasteiger partial charge in [-0.3, -0.25) is 4.79 Å². The number of carbonyl (C=O) groups is 1. The molecule has 0 saturated carbocycles. The zero-order chi connectivity index (χ0) is 14.9. The molecule has 0 heterocycles. The second-order valence-electron chi connectivity index (χ2n) is 5.37. The first-order chi connectivity index (χ1) is 9.77. The van der Waals surface area contributed by atoms with E-state index in [4.69, 9.17) is 5.11 Å². The van der Waals surface area contributed by atoms with Gasteiger partial charge >= 0.3 is 5.97 Å². The summed E-state index contributed by atoms with van der Waals surface area (Å²) in [6, 6.07) is 0. The second-order valence-corrected chi connectivity index (χ2v) is 5.37. The van der Waals surface area contributed by atoms with Crippen molar-refractivity contribution in [1.29, 1.82) is 0 Å². The van der Waals surface area contributed by atoms with Crippen molar-refractivity contribution in [2.24, 2.45) is 0 Å². The minimum absolute atomic E-state index is 0. The molecule has 0 aliphatic carbocycles. The molecule has 0 bridgehead atoms. The van der Waals surface area contributed by atoms with Crippen LogP contribution < -0.4 is 0 Å². The van der Waals surface area contributed by atoms with Crippen molar-refractivity contribution in [2.45, 2.75) is 84.0 Å². The smallest absolute Gasteiger partial charge is 0.303 e. The van der Waals surface area contributed by atoms with Crippen LogP contribution in [0.25, 0.3) is 0 Å². The minimum atomic E-state index is -0.671. The molecule has 117 valence electrons. The first-order valence-corrected chi connectivity index (χ1v) is 8.29. The average molecular weight is 320 g/mol. The van der Waals surface area contributed by atoms with Gasteiger partial charge in [0.25, 0.3) is 0 Å². The van der Waals surface area contributed by atoms with E-state index in [-0.39, 0.29) is 51.4 Å². The number of hydrogen-bond acceptors (Lipinski definition) is 1. The first kappa shape index (κ1) is 23.8. The molecule has 21 heavy (non-hydrogen) atoms. The van der Waals surface area contributed by atoms with Crippen LogP contribution >= 0.6 is 0 Å². The largest absolute Gasteiger partial charge is 0.481 e. The van der Waals surface area contributed by atoms with Crippen molar-refractivity contribution in [3.63, 3.8) is 0 Å². The van der Waals surface area contributed by atoms with Gasteiger partial charge in [-0.15, -0.1) is 0 Å². The maximum Gasteiger partial charge on any atom is 0.303 e. The molecule has 0 atom stereocenters. The Labute approximate surface area is 173 Å². The molecule has 0 saturated heterocycles. The zero-order valence-electron chi connectivity index (χ0n) is 14.2. The van der Waals surface area contributed by atoms with Gasteiger partial charge in [-0.2, -0.15) is 0 Å². The summed E-state index contributed by atoms with van der Waals surface area (Å²) in [7, 11) is 0. The summed E-state index contributed by atoms with van der Waals surface area (Å²) in [5.74, 6) is -0.671. The molecule has 0 spiro atoms. The van der Waals surface area contributed by atoms with Crippen LogP contribution in [-0.2, 0) is 4.79 Å². The third-order valence-electron chi connectivity index (χ3n) is 3.34. The Hall–Kier alpha value is 0.586. The molecule has 0 amide bonds. The van der Waals surface area contributed by atoms with E-state index in [0.29, 0.717) is 6.42 Å². The van der Waals surface area contributed by atoms with E-state index < -0.39 is 5.97 Å². The Morgan fingerprint density at radius 3 is 1.90 bits per heavy atom. The molecule has 0 aliphatic heterocycles. The van der Waals surface area contributed by atoms with Crippen molar-refractivity contribution in [3.8, 4) is 0 Å². The number of carboxylic acids is 1. The summed E-state index contributed by atoms with van der Waals surface area (Å²) in [6.45, 7) is 2.23. The van der Waals surface area contributed by atoms with Crippen molar-refractivity contribution >= 4 is 57.4 Å². The number of hydrogen-bond donors (Lipinski definition) is 1. The van der Waals surface area contributed by atoms with Crippen LogP contribution in [-0.4, -0.2) is 62.5 Å². The number of carboxylic acid groups (broad SMARTS) is 1. The van der Waals surface area contributed by atoms with Crippen LogP contribution in [0.1, 0.15) is 84.0 Å². The maximum atomic E-state index is 10.3. The standard InChI is InChI=1S/C18H32O2.K/c1-2-3-4-5-6-7-8-9-10-11-12-13-14-15-16-17-18(19)20;/h6-7,9-10H,2-5,8,11-17H2,1H3,(H,19,20);/b7-6+,10-9-;. The van der Waals surface area contributed by atoms with E-state index in [1.807, 2.05) is 0 Å². The van der Waals surface area contributed by atoms with Crippen LogP contribution in [0.5, 0.6) is 0 Å². The molecule has 0 aromatic rings. The summed E-state index contributed by atoms with van der Waals surface area (Å²) < 4.78 is 0. The van der Waals surface area contributed by atoms with E-state index in [2.05, 4.69) is 31.2 Å². The predicted octanol–water partition coefficient (Wildman–Crippen LogP) is 5.50. The van der Waals surface area contributed by atoms with E-state index in [0.717, 1.165) is 25.7 Å². The molecule has 2 nitrogen and oxygen atoms in total. The van der Waals surface area contributed by atoms with Crippen LogP contribution in [0.2, 0.25) is 0 Å². The van der Waals surface area contributed by atoms with Crippen molar-refractivity contribution in [2.75, 3.05) is 0 Å². The van der Waals surface area contributed by atoms with Gasteiger partial charge in [0.15, 0.2) is 0 Å². The third-order valence-corrected chi connectivity index (χ3v) is 3.34. The normalized spacial score (nSPS) is 11.1. The van der Waals surface area contributed by atoms with Crippen LogP contribution in [0.15, 0.2) is 24.3 Å². The Bertz CT molecular complexity index is 272. The average Bonchev–Trinajstić information content (AvgIpc) is 2.43. The molecular weight excluding hydrogens is 287 g/mol. The summed E-state index contributed by atoms with van der Waals surface area (Å²) in [5.41, 5.74) is 0. The van der Waals surface area contributed by atoms with Gasteiger partial charge in [-0.1, -0.05) is 63.3 Å². The van der Waals surface area contributed by atoms with Crippen LogP contribution in [0.3, 0.4) is 0 Å². The fourth-order valence-corrected chi connectivity index (χ4v) is 2.09. The molecule has 1 N–H and O–H groups in total. The van der Waals surface area contributed by atoms with E-state index in [1.165, 1.54) is 44.9 Å². The second kappa shape index (κ2) is 20.6. The number of allylic oxidation sites excluding steroid dienone is 4. The van der Waals surface area contributed by atoms with Crippen molar-refractivity contribution in [1.82, 2.24) is 0 Å². The maximum absolute atomic E-state index is 10.3. The van der Waals surface area contributed by atoms with Crippen molar-refractivity contribution in [3.05, 3.63) is 24.3 Å². The van der Waals surface area contributed by atoms with Gasteiger partial charge < -0.3 is 5.11 Å². The SMILES string of the molecule is CCCCC/C=C/C/C=C\CCCCCCCC(=O)O.[K]. The topological polar surface area (TPSA) is 37.3 Å². The molecule has 3 heteroatoms. The molecule has 1 radical (unpaired) electrons. The first-order valence-electron chi connectivity index (χ1n) is 8.29. The Kier molecular flexibility index (Phi) is 23.4. The van der Waals surface area contributed by atoms with E-state index >= 15 is 0 Å². The molecule has 0 aromatic heterocycles. The van der Waals surface area contributed by atoms with Crippen LogP contribution in [0, 0.1) is 0 Å². The van der Waals surface area contributed by atoms with Gasteiger partial charge in [-0.25, -0.2) is 0 Å². The predicted molar refractivity (Wildman–Crippen MR) is 92.7 cm³/mol. The quantitative estimate of drug-likeness (QED) is 0.261. The van der Waals surface area contributed by atoms with Crippen LogP contribution in [0.4, 0.5) is 0 Å². The Morgan fingerprint density at radius 2 is 1.33 bits per heavy atom. The van der Waals surface area contributed by atoms with Gasteiger partial charge in [-0.05, 0) is 38.5 Å². The monoisotopic (exact) mass is 319 g/mol. The minimum Gasteiger partial charge on any atom is -0.481 e. The molecule has 0 aromatic carbocycles. The third kappa shape index (κ3) is 23.0. The summed E-state index contributed by atoms with van der Waals surface area (Å²) in [6.07, 6.45) is 22.3. The number of rotatable bonds is 14. The molecule has 0 fully saturated rings. The Balaban J connectivity index is 0. The van der Waals surface area contributed by atoms with Gasteiger partial charge in [0.2, 0.25) is 0 Å². The summed E-state index contributed by atoms with van der Waals surface area (Å²) >= 11 is 0. The summed E-state index contributed by atoms with van der Waals surface area (Å²) in [4.78, 5) is 10.3. The van der Waals surface area contributed by atoms with Gasteiger partial charge in [0.05, 0.1) is 0 Å². The van der Waals surface area contributed by atoms with E-state index in [9.17, 15) is 4.79 Å². The van der Waals surface area contributed by atoms with E-state index in [1.54, 1.807) is 0 Å². The molecule has 0 unspecified atom stereocenters. The zero-order valence-corrected chi connectivity index (χ0v) is 17.3. The molecule has 0 aliphatic rings.